The number of aromatic nitrogens is 2. The maximum absolute atomic E-state index is 13.7. The molecule has 1 saturated carbocycles. The summed E-state index contributed by atoms with van der Waals surface area (Å²) in [6.07, 6.45) is 5.38. The van der Waals surface area contributed by atoms with E-state index in [1.54, 1.807) is 12.3 Å². The van der Waals surface area contributed by atoms with Gasteiger partial charge in [-0.2, -0.15) is 0 Å². The third-order valence-corrected chi connectivity index (χ3v) is 4.30. The largest absolute Gasteiger partial charge is 0.377 e. The molecule has 2 fully saturated rings. The van der Waals surface area contributed by atoms with Crippen molar-refractivity contribution in [3.8, 4) is 0 Å². The van der Waals surface area contributed by atoms with Crippen molar-refractivity contribution in [2.45, 2.75) is 18.9 Å². The number of pyridine rings is 1. The molecule has 0 radical (unpaired) electrons. The van der Waals surface area contributed by atoms with Crippen LogP contribution in [0.4, 0.5) is 4.39 Å². The predicted octanol–water partition coefficient (Wildman–Crippen LogP) is 1.72. The second-order valence-electron chi connectivity index (χ2n) is 5.67. The highest BCUT2D eigenvalue weighted by atomic mass is 19.1. The van der Waals surface area contributed by atoms with Gasteiger partial charge in [-0.05, 0) is 30.9 Å². The van der Waals surface area contributed by atoms with E-state index in [0.29, 0.717) is 31.2 Å². The van der Waals surface area contributed by atoms with E-state index in [1.165, 1.54) is 16.7 Å². The monoisotopic (exact) mass is 289 g/mol. The summed E-state index contributed by atoms with van der Waals surface area (Å²) in [5.74, 6) is 0.305. The lowest BCUT2D eigenvalue weighted by molar-refractivity contribution is -0.00899. The van der Waals surface area contributed by atoms with Crippen molar-refractivity contribution in [3.63, 3.8) is 0 Å². The first-order valence-corrected chi connectivity index (χ1v) is 7.26. The van der Waals surface area contributed by atoms with Crippen LogP contribution in [0.25, 0.3) is 5.52 Å². The molecule has 110 valence electrons. The summed E-state index contributed by atoms with van der Waals surface area (Å²) in [6, 6.07) is 3.08. The number of hydrogen-bond acceptors (Lipinski definition) is 3. The quantitative estimate of drug-likeness (QED) is 0.846. The van der Waals surface area contributed by atoms with Crippen LogP contribution in [-0.4, -0.2) is 46.0 Å². The van der Waals surface area contributed by atoms with E-state index in [4.69, 9.17) is 4.74 Å². The Morgan fingerprint density at radius 1 is 1.43 bits per heavy atom. The predicted molar refractivity (Wildman–Crippen MR) is 73.5 cm³/mol. The number of nitrogens with zero attached hydrogens (tertiary/aromatic N) is 3. The standard InChI is InChI=1S/C15H16FN3O2/c16-11-2-1-5-18-12(11)8-17-14(18)15(20)19-6-7-21-9-13(19)10-3-4-10/h1-2,5,8,10,13H,3-4,6-7,9H2. The van der Waals surface area contributed by atoms with Crippen molar-refractivity contribution in [1.82, 2.24) is 14.3 Å². The Bertz CT molecular complexity index is 695. The van der Waals surface area contributed by atoms with Gasteiger partial charge in [0.05, 0.1) is 25.5 Å². The summed E-state index contributed by atoms with van der Waals surface area (Å²) in [4.78, 5) is 18.8. The van der Waals surface area contributed by atoms with Gasteiger partial charge in [-0.3, -0.25) is 9.20 Å². The summed E-state index contributed by atoms with van der Waals surface area (Å²) in [5.41, 5.74) is 0.331. The number of hydrogen-bond donors (Lipinski definition) is 0. The second-order valence-corrected chi connectivity index (χ2v) is 5.67. The minimum absolute atomic E-state index is 0.132. The molecule has 1 unspecified atom stereocenters. The molecule has 2 aromatic heterocycles. The summed E-state index contributed by atoms with van der Waals surface area (Å²) < 4.78 is 20.7. The van der Waals surface area contributed by atoms with Crippen molar-refractivity contribution in [2.24, 2.45) is 5.92 Å². The minimum Gasteiger partial charge on any atom is -0.377 e. The van der Waals surface area contributed by atoms with Crippen LogP contribution in [0.15, 0.2) is 24.5 Å². The minimum atomic E-state index is -0.371. The number of fused-ring (bicyclic) bond motifs is 1. The van der Waals surface area contributed by atoms with Gasteiger partial charge in [-0.25, -0.2) is 9.37 Å². The topological polar surface area (TPSA) is 46.8 Å². The van der Waals surface area contributed by atoms with Crippen LogP contribution in [0, 0.1) is 11.7 Å². The molecule has 4 rings (SSSR count). The third kappa shape index (κ3) is 2.10. The van der Waals surface area contributed by atoms with E-state index in [9.17, 15) is 9.18 Å². The van der Waals surface area contributed by atoms with Crippen molar-refractivity contribution >= 4 is 11.4 Å². The Morgan fingerprint density at radius 2 is 2.29 bits per heavy atom. The lowest BCUT2D eigenvalue weighted by Gasteiger charge is -2.35. The molecule has 1 amide bonds. The number of morpholine rings is 1. The van der Waals surface area contributed by atoms with Gasteiger partial charge < -0.3 is 9.64 Å². The van der Waals surface area contributed by atoms with E-state index in [1.807, 2.05) is 4.90 Å². The maximum Gasteiger partial charge on any atom is 0.290 e. The number of halogens is 1. The first-order valence-electron chi connectivity index (χ1n) is 7.26. The average molecular weight is 289 g/mol. The van der Waals surface area contributed by atoms with E-state index in [-0.39, 0.29) is 23.6 Å². The molecular formula is C15H16FN3O2. The SMILES string of the molecule is O=C(c1ncc2c(F)cccn12)N1CCOCC1C1CC1. The van der Waals surface area contributed by atoms with Crippen LogP contribution >= 0.6 is 0 Å². The molecule has 1 aliphatic heterocycles. The molecular weight excluding hydrogens is 273 g/mol. The van der Waals surface area contributed by atoms with E-state index >= 15 is 0 Å². The molecule has 5 nitrogen and oxygen atoms in total. The highest BCUT2D eigenvalue weighted by Crippen LogP contribution is 2.37. The fourth-order valence-electron chi connectivity index (χ4n) is 3.02. The number of amides is 1. The molecule has 2 aromatic rings. The van der Waals surface area contributed by atoms with Gasteiger partial charge in [0.15, 0.2) is 0 Å². The summed E-state index contributed by atoms with van der Waals surface area (Å²) in [5, 5.41) is 0. The van der Waals surface area contributed by atoms with E-state index in [2.05, 4.69) is 4.98 Å². The van der Waals surface area contributed by atoms with Crippen LogP contribution < -0.4 is 0 Å². The van der Waals surface area contributed by atoms with Gasteiger partial charge in [0, 0.05) is 12.7 Å². The van der Waals surface area contributed by atoms with Crippen molar-refractivity contribution in [3.05, 3.63) is 36.2 Å². The first kappa shape index (κ1) is 12.8. The van der Waals surface area contributed by atoms with Crippen LogP contribution in [0.3, 0.4) is 0 Å². The number of carbonyl (C=O) groups is 1. The Labute approximate surface area is 121 Å². The number of rotatable bonds is 2. The molecule has 0 aromatic carbocycles. The Balaban J connectivity index is 1.70. The van der Waals surface area contributed by atoms with Gasteiger partial charge in [0.1, 0.15) is 11.3 Å². The average Bonchev–Trinajstić information content (AvgIpc) is 3.26. The highest BCUT2D eigenvalue weighted by molar-refractivity contribution is 5.92. The zero-order valence-corrected chi connectivity index (χ0v) is 11.5. The second kappa shape index (κ2) is 4.80. The van der Waals surface area contributed by atoms with Gasteiger partial charge >= 0.3 is 0 Å². The van der Waals surface area contributed by atoms with Gasteiger partial charge in [0.25, 0.3) is 5.91 Å². The summed E-state index contributed by atoms with van der Waals surface area (Å²) in [7, 11) is 0. The van der Waals surface area contributed by atoms with Crippen molar-refractivity contribution < 1.29 is 13.9 Å². The zero-order chi connectivity index (χ0) is 14.4. The molecule has 6 heteroatoms. The van der Waals surface area contributed by atoms with E-state index < -0.39 is 0 Å². The number of ether oxygens (including phenoxy) is 1. The van der Waals surface area contributed by atoms with Crippen LogP contribution in [0.2, 0.25) is 0 Å². The summed E-state index contributed by atoms with van der Waals surface area (Å²) >= 11 is 0. The van der Waals surface area contributed by atoms with Crippen LogP contribution in [-0.2, 0) is 4.74 Å². The molecule has 2 aliphatic rings. The fourth-order valence-corrected chi connectivity index (χ4v) is 3.02. The zero-order valence-electron chi connectivity index (χ0n) is 11.5. The van der Waals surface area contributed by atoms with Gasteiger partial charge in [0.2, 0.25) is 5.82 Å². The van der Waals surface area contributed by atoms with Crippen LogP contribution in [0.1, 0.15) is 23.5 Å². The van der Waals surface area contributed by atoms with Crippen molar-refractivity contribution in [1.29, 1.82) is 0 Å². The highest BCUT2D eigenvalue weighted by Gasteiger charge is 2.40. The van der Waals surface area contributed by atoms with Gasteiger partial charge in [-0.15, -0.1) is 0 Å². The lowest BCUT2D eigenvalue weighted by atomic mass is 10.1. The van der Waals surface area contributed by atoms with Crippen LogP contribution in [0.5, 0.6) is 0 Å². The molecule has 1 saturated heterocycles. The molecule has 0 N–H and O–H groups in total. The Kier molecular flexibility index (Phi) is 2.92. The lowest BCUT2D eigenvalue weighted by Crippen LogP contribution is -2.50. The molecule has 1 aliphatic carbocycles. The molecule has 1 atom stereocenters. The summed E-state index contributed by atoms with van der Waals surface area (Å²) in [6.45, 7) is 1.71. The molecule has 0 bridgehead atoms. The molecule has 3 heterocycles. The first-order chi connectivity index (χ1) is 10.3. The van der Waals surface area contributed by atoms with E-state index in [0.717, 1.165) is 12.8 Å². The smallest absolute Gasteiger partial charge is 0.290 e. The normalized spacial score (nSPS) is 22.7. The Hall–Kier alpha value is -1.95. The maximum atomic E-state index is 13.7. The molecule has 0 spiro atoms. The Morgan fingerprint density at radius 3 is 3.10 bits per heavy atom. The van der Waals surface area contributed by atoms with Crippen molar-refractivity contribution in [2.75, 3.05) is 19.8 Å². The number of carbonyl (C=O) groups excluding carboxylic acids is 1. The number of imidazole rings is 1. The molecule has 21 heavy (non-hydrogen) atoms. The van der Waals surface area contributed by atoms with Gasteiger partial charge in [-0.1, -0.05) is 0 Å². The third-order valence-electron chi connectivity index (χ3n) is 4.30. The fraction of sp³-hybridized carbons (Fsp3) is 0.467.